The molecule has 0 aromatic rings. The highest BCUT2D eigenvalue weighted by Gasteiger charge is 2.34. The van der Waals surface area contributed by atoms with Crippen molar-refractivity contribution < 1.29 is 14.3 Å². The minimum atomic E-state index is -0.112. The molecule has 0 aromatic carbocycles. The van der Waals surface area contributed by atoms with Crippen molar-refractivity contribution in [2.75, 3.05) is 53.4 Å². The van der Waals surface area contributed by atoms with Gasteiger partial charge in [0.1, 0.15) is 6.54 Å². The van der Waals surface area contributed by atoms with Gasteiger partial charge in [0, 0.05) is 40.3 Å². The smallest absolute Gasteiger partial charge is 0.320 e. The molecule has 3 amide bonds. The minimum Gasteiger partial charge on any atom is -0.378 e. The van der Waals surface area contributed by atoms with E-state index in [0.29, 0.717) is 13.1 Å². The highest BCUT2D eigenvalue weighted by atomic mass is 16.5. The quantitative estimate of drug-likeness (QED) is 0.717. The van der Waals surface area contributed by atoms with Gasteiger partial charge in [0.2, 0.25) is 5.91 Å². The van der Waals surface area contributed by atoms with E-state index in [1.165, 1.54) is 0 Å². The molecule has 7 heteroatoms. The van der Waals surface area contributed by atoms with Crippen LogP contribution in [0.25, 0.3) is 0 Å². The Morgan fingerprint density at radius 3 is 2.70 bits per heavy atom. The van der Waals surface area contributed by atoms with Gasteiger partial charge in [-0.05, 0) is 6.54 Å². The summed E-state index contributed by atoms with van der Waals surface area (Å²) in [5.41, 5.74) is 0. The molecule has 2 saturated heterocycles. The summed E-state index contributed by atoms with van der Waals surface area (Å²) in [6.07, 6.45) is 0.0239. The predicted molar refractivity (Wildman–Crippen MR) is 74.4 cm³/mol. The molecule has 2 aliphatic heterocycles. The highest BCUT2D eigenvalue weighted by molar-refractivity contribution is 5.85. The Labute approximate surface area is 119 Å². The Bertz CT molecular complexity index is 377. The van der Waals surface area contributed by atoms with Gasteiger partial charge in [-0.2, -0.15) is 0 Å². The number of carbonyl (C=O) groups excluding carboxylic acids is 2. The monoisotopic (exact) mass is 284 g/mol. The van der Waals surface area contributed by atoms with E-state index in [-0.39, 0.29) is 30.6 Å². The second-order valence-corrected chi connectivity index (χ2v) is 5.43. The van der Waals surface area contributed by atoms with E-state index in [4.69, 9.17) is 4.74 Å². The molecule has 2 aliphatic rings. The number of nitrogens with zero attached hydrogens (tertiary/aromatic N) is 3. The molecule has 7 nitrogen and oxygen atoms in total. The Morgan fingerprint density at radius 2 is 2.15 bits per heavy atom. The zero-order valence-corrected chi connectivity index (χ0v) is 12.5. The van der Waals surface area contributed by atoms with Crippen molar-refractivity contribution >= 4 is 11.9 Å². The molecule has 1 N–H and O–H groups in total. The van der Waals surface area contributed by atoms with Crippen LogP contribution in [0, 0.1) is 0 Å². The molecule has 0 unspecified atom stereocenters. The predicted octanol–water partition coefficient (Wildman–Crippen LogP) is -0.811. The number of likely N-dealkylation sites (N-methyl/N-ethyl adjacent to an activating group) is 2. The lowest BCUT2D eigenvalue weighted by atomic mass is 10.2. The van der Waals surface area contributed by atoms with Gasteiger partial charge in [-0.15, -0.1) is 0 Å². The molecule has 0 radical (unpaired) electrons. The molecule has 0 bridgehead atoms. The lowest BCUT2D eigenvalue weighted by Gasteiger charge is -2.21. The van der Waals surface area contributed by atoms with Crippen LogP contribution in [0.1, 0.15) is 6.92 Å². The average molecular weight is 284 g/mol. The Morgan fingerprint density at radius 1 is 1.40 bits per heavy atom. The van der Waals surface area contributed by atoms with E-state index in [0.717, 1.165) is 19.6 Å². The summed E-state index contributed by atoms with van der Waals surface area (Å²) < 4.78 is 5.42. The Hall–Kier alpha value is -1.34. The maximum absolute atomic E-state index is 12.1. The van der Waals surface area contributed by atoms with E-state index < -0.39 is 0 Å². The third-order valence-electron chi connectivity index (χ3n) is 4.08. The average Bonchev–Trinajstić information content (AvgIpc) is 2.96. The molecular weight excluding hydrogens is 260 g/mol. The van der Waals surface area contributed by atoms with Crippen LogP contribution in [0.2, 0.25) is 0 Å². The van der Waals surface area contributed by atoms with Crippen molar-refractivity contribution in [3.63, 3.8) is 0 Å². The fourth-order valence-corrected chi connectivity index (χ4v) is 2.76. The van der Waals surface area contributed by atoms with Gasteiger partial charge >= 0.3 is 6.03 Å². The van der Waals surface area contributed by atoms with Crippen molar-refractivity contribution in [3.05, 3.63) is 0 Å². The van der Waals surface area contributed by atoms with E-state index in [9.17, 15) is 9.59 Å². The van der Waals surface area contributed by atoms with Gasteiger partial charge < -0.3 is 19.9 Å². The molecule has 114 valence electrons. The van der Waals surface area contributed by atoms with Crippen molar-refractivity contribution in [1.82, 2.24) is 20.0 Å². The second kappa shape index (κ2) is 6.41. The largest absolute Gasteiger partial charge is 0.378 e. The fraction of sp³-hybridized carbons (Fsp3) is 0.846. The summed E-state index contributed by atoms with van der Waals surface area (Å²) in [7, 11) is 3.42. The maximum Gasteiger partial charge on any atom is 0.320 e. The lowest BCUT2D eigenvalue weighted by Crippen LogP contribution is -2.48. The molecular formula is C13H24N4O3. The van der Waals surface area contributed by atoms with Crippen LogP contribution >= 0.6 is 0 Å². The van der Waals surface area contributed by atoms with Gasteiger partial charge in [0.15, 0.2) is 0 Å². The summed E-state index contributed by atoms with van der Waals surface area (Å²) in [6.45, 7) is 6.10. The number of methoxy groups -OCH3 is 1. The molecule has 0 aromatic heterocycles. The van der Waals surface area contributed by atoms with E-state index in [2.05, 4.69) is 17.1 Å². The van der Waals surface area contributed by atoms with Crippen molar-refractivity contribution in [2.24, 2.45) is 0 Å². The first-order chi connectivity index (χ1) is 9.55. The molecule has 2 rings (SSSR count). The molecule has 0 aliphatic carbocycles. The number of ether oxygens (including phenoxy) is 1. The summed E-state index contributed by atoms with van der Waals surface area (Å²) in [4.78, 5) is 29.2. The topological polar surface area (TPSA) is 65.1 Å². The van der Waals surface area contributed by atoms with E-state index >= 15 is 0 Å². The van der Waals surface area contributed by atoms with Crippen molar-refractivity contribution in [3.8, 4) is 0 Å². The third kappa shape index (κ3) is 3.21. The minimum absolute atomic E-state index is 0.00267. The third-order valence-corrected chi connectivity index (χ3v) is 4.08. The van der Waals surface area contributed by atoms with Crippen molar-refractivity contribution in [1.29, 1.82) is 0 Å². The molecule has 2 atom stereocenters. The molecule has 2 heterocycles. The fourth-order valence-electron chi connectivity index (χ4n) is 2.76. The normalized spacial score (nSPS) is 27.4. The molecule has 0 saturated carbocycles. The molecule has 0 spiro atoms. The van der Waals surface area contributed by atoms with Crippen LogP contribution in [0.15, 0.2) is 0 Å². The highest BCUT2D eigenvalue weighted by Crippen LogP contribution is 2.13. The van der Waals surface area contributed by atoms with E-state index in [1.807, 2.05) is 0 Å². The first-order valence-electron chi connectivity index (χ1n) is 7.09. The number of rotatable bonds is 5. The van der Waals surface area contributed by atoms with Gasteiger partial charge in [-0.3, -0.25) is 9.69 Å². The zero-order valence-electron chi connectivity index (χ0n) is 12.5. The summed E-state index contributed by atoms with van der Waals surface area (Å²) in [5.74, 6) is -0.112. The Kier molecular flexibility index (Phi) is 4.82. The SMILES string of the molecule is CCN1C[C@H](NC(=O)CN2CCN(C)C2=O)[C@@H](OC)C1. The van der Waals surface area contributed by atoms with Crippen LogP contribution in [0.4, 0.5) is 4.79 Å². The van der Waals surface area contributed by atoms with Crippen LogP contribution in [0.3, 0.4) is 0 Å². The van der Waals surface area contributed by atoms with E-state index in [1.54, 1.807) is 24.0 Å². The van der Waals surface area contributed by atoms with Crippen LogP contribution in [-0.2, 0) is 9.53 Å². The maximum atomic E-state index is 12.1. The number of urea groups is 1. The summed E-state index contributed by atoms with van der Waals surface area (Å²) in [6, 6.07) is -0.0760. The molecule has 2 fully saturated rings. The van der Waals surface area contributed by atoms with Crippen LogP contribution in [0.5, 0.6) is 0 Å². The van der Waals surface area contributed by atoms with Crippen LogP contribution < -0.4 is 5.32 Å². The Balaban J connectivity index is 1.83. The number of likely N-dealkylation sites (tertiary alicyclic amines) is 1. The first-order valence-corrected chi connectivity index (χ1v) is 7.09. The summed E-state index contributed by atoms with van der Waals surface area (Å²) in [5, 5.41) is 2.99. The standard InChI is InChI=1S/C13H24N4O3/c1-4-16-7-10(11(8-16)20-3)14-12(18)9-17-6-5-15(2)13(17)19/h10-11H,4-9H2,1-3H3,(H,14,18)/t10-,11-/m0/s1. The number of hydrogen-bond acceptors (Lipinski definition) is 4. The lowest BCUT2D eigenvalue weighted by molar-refractivity contribution is -0.122. The van der Waals surface area contributed by atoms with Gasteiger partial charge in [0.05, 0.1) is 12.1 Å². The number of carbonyl (C=O) groups is 2. The summed E-state index contributed by atoms with van der Waals surface area (Å²) >= 11 is 0. The number of hydrogen-bond donors (Lipinski definition) is 1. The first kappa shape index (κ1) is 15.1. The second-order valence-electron chi connectivity index (χ2n) is 5.43. The number of amides is 3. The molecule has 20 heavy (non-hydrogen) atoms. The van der Waals surface area contributed by atoms with Crippen LogP contribution in [-0.4, -0.2) is 92.2 Å². The zero-order chi connectivity index (χ0) is 14.7. The van der Waals surface area contributed by atoms with Gasteiger partial charge in [-0.1, -0.05) is 6.92 Å². The van der Waals surface area contributed by atoms with Gasteiger partial charge in [0.25, 0.3) is 0 Å². The number of nitrogens with one attached hydrogen (secondary N) is 1. The van der Waals surface area contributed by atoms with Crippen molar-refractivity contribution in [2.45, 2.75) is 19.1 Å². The van der Waals surface area contributed by atoms with Gasteiger partial charge in [-0.25, -0.2) is 4.79 Å².